The van der Waals surface area contributed by atoms with Gasteiger partial charge in [-0.1, -0.05) is 186 Å². The molecular weight excluding hydrogens is 947 g/mol. The second-order valence-corrected chi connectivity index (χ2v) is 18.5. The molecule has 0 fully saturated rings. The van der Waals surface area contributed by atoms with Crippen LogP contribution in [0.4, 0.5) is 0 Å². The van der Waals surface area contributed by atoms with E-state index in [0.29, 0.717) is 5.75 Å². The van der Waals surface area contributed by atoms with Crippen molar-refractivity contribution in [2.24, 2.45) is 0 Å². The van der Waals surface area contributed by atoms with Crippen molar-refractivity contribution in [2.45, 2.75) is 26.2 Å². The molecule has 11 aromatic rings. The van der Waals surface area contributed by atoms with E-state index in [-0.39, 0.29) is 39.9 Å². The summed E-state index contributed by atoms with van der Waals surface area (Å²) in [5.41, 5.74) is 20.7. The van der Waals surface area contributed by atoms with Gasteiger partial charge in [-0.2, -0.15) is 0 Å². The zero-order valence-electron chi connectivity index (χ0n) is 34.8. The molecule has 3 aromatic heterocycles. The van der Waals surface area contributed by atoms with Crippen LogP contribution < -0.4 is 32.8 Å². The van der Waals surface area contributed by atoms with Crippen molar-refractivity contribution in [3.8, 4) is 50.4 Å². The van der Waals surface area contributed by atoms with E-state index in [2.05, 4.69) is 177 Å². The van der Waals surface area contributed by atoms with E-state index in [0.717, 1.165) is 77.6 Å². The van der Waals surface area contributed by atoms with Crippen LogP contribution in [0.2, 0.25) is 0 Å². The molecule has 8 aromatic carbocycles. The summed E-state index contributed by atoms with van der Waals surface area (Å²) >= 11 is 0. The van der Waals surface area contributed by atoms with Crippen molar-refractivity contribution in [3.63, 3.8) is 0 Å². The van der Waals surface area contributed by atoms with Gasteiger partial charge in [-0.15, -0.1) is 29.3 Å². The Morgan fingerprint density at radius 2 is 1.27 bits per heavy atom. The summed E-state index contributed by atoms with van der Waals surface area (Å²) in [5.74, 6) is 0.319. The van der Waals surface area contributed by atoms with E-state index in [1.165, 1.54) is 54.5 Å². The maximum atomic E-state index is 13.1. The average molecular weight is 984 g/mol. The van der Waals surface area contributed by atoms with Crippen molar-refractivity contribution in [1.82, 2.24) is 14.4 Å². The van der Waals surface area contributed by atoms with E-state index in [4.69, 9.17) is 9.97 Å². The second-order valence-electron chi connectivity index (χ2n) is 18.5. The van der Waals surface area contributed by atoms with Gasteiger partial charge in [-0.25, -0.2) is 4.98 Å². The van der Waals surface area contributed by atoms with Crippen molar-refractivity contribution in [2.75, 3.05) is 0 Å². The van der Waals surface area contributed by atoms with Gasteiger partial charge in [0.1, 0.15) is 11.4 Å². The average Bonchev–Trinajstić information content (AvgIpc) is 3.88. The van der Waals surface area contributed by atoms with E-state index in [9.17, 15) is 5.11 Å². The Morgan fingerprint density at radius 3 is 2.08 bits per heavy atom. The molecule has 3 aliphatic rings. The van der Waals surface area contributed by atoms with Crippen LogP contribution in [-0.4, -0.2) is 32.9 Å². The molecule has 7 heteroatoms. The fourth-order valence-corrected chi connectivity index (χ4v) is 11.6. The molecule has 4 nitrogen and oxygen atoms in total. The Kier molecular flexibility index (Phi) is 7.55. The van der Waals surface area contributed by atoms with Gasteiger partial charge in [0.25, 0.3) is 0 Å². The number of nitrogens with zero attached hydrogens (tertiary/aromatic N) is 3. The van der Waals surface area contributed by atoms with Crippen LogP contribution >= 0.6 is 0 Å². The molecule has 14 rings (SSSR count). The third kappa shape index (κ3) is 4.82. The third-order valence-electron chi connectivity index (χ3n) is 14.2. The maximum absolute atomic E-state index is 13.1. The minimum Gasteiger partial charge on any atom is -0.507 e. The number of fused-ring (bicyclic) bond motifs is 12. The third-order valence-corrected chi connectivity index (χ3v) is 14.2. The molecule has 0 saturated heterocycles. The first-order valence-corrected chi connectivity index (χ1v) is 21.6. The number of hydrogen-bond donors (Lipinski definition) is 1. The summed E-state index contributed by atoms with van der Waals surface area (Å²) in [6, 6.07) is 58.7. The van der Waals surface area contributed by atoms with Gasteiger partial charge < -0.3 is 5.11 Å². The topological polar surface area (TPSA) is 50.4 Å². The van der Waals surface area contributed by atoms with E-state index in [1.807, 2.05) is 12.3 Å². The summed E-state index contributed by atoms with van der Waals surface area (Å²) in [7, 11) is 0. The maximum Gasteiger partial charge on any atom is 0.241 e. The molecule has 6 heterocycles. The molecule has 0 bridgehead atoms. The minimum absolute atomic E-state index is 0. The van der Waals surface area contributed by atoms with Crippen molar-refractivity contribution < 1.29 is 26.2 Å². The number of benzene rings is 8. The van der Waals surface area contributed by atoms with Gasteiger partial charge in [-0.3, -0.25) is 9.38 Å². The SMILES string of the molecule is CC(C)(C)c1cc(-c2cc(-c3ccccc3)ccn2)[c-]c(-c2cccc3c2nc2c4c(O)c5c6c7c4c4c8c(cccc8ccc4n32)B7c2ccccc2B6c2ccccc2-5)c1.[Pt]. The standard InChI is InChI=1S/C56H36B2N3O.Pt/c1-56(2,3)36-28-34(27-35(29-36)43-30-33(25-26-59-43)31-13-5-4-6-14-31)37-17-12-22-45-53(37)60-55-50-49-48-44(61(45)55)24-23-32-15-11-21-42(46(32)48)58-41-20-10-9-19-40(41)57-39-18-8-7-16-38(39)47(54(50)62)51(57)52(49)58;/h4-26,28-30,62H,1-3H3;/q-1;. The number of hydrogen-bond acceptors (Lipinski definition) is 3. The molecule has 63 heavy (non-hydrogen) atoms. The molecule has 1 N–H and O–H groups in total. The minimum atomic E-state index is -0.139. The molecule has 0 saturated carbocycles. The van der Waals surface area contributed by atoms with Crippen LogP contribution in [0.3, 0.4) is 0 Å². The Morgan fingerprint density at radius 1 is 0.571 bits per heavy atom. The first-order valence-electron chi connectivity index (χ1n) is 21.6. The summed E-state index contributed by atoms with van der Waals surface area (Å²) in [6.07, 6.45) is 1.90. The fraction of sp³-hybridized carbons (Fsp3) is 0.0714. The number of aromatic hydroxyl groups is 1. The summed E-state index contributed by atoms with van der Waals surface area (Å²) in [4.78, 5) is 10.6. The van der Waals surface area contributed by atoms with Gasteiger partial charge in [-0.05, 0) is 56.5 Å². The molecule has 0 radical (unpaired) electrons. The van der Waals surface area contributed by atoms with Crippen LogP contribution in [0.1, 0.15) is 26.3 Å². The van der Waals surface area contributed by atoms with Crippen LogP contribution in [-0.2, 0) is 26.5 Å². The smallest absolute Gasteiger partial charge is 0.241 e. The summed E-state index contributed by atoms with van der Waals surface area (Å²) in [5, 5.41) is 18.7. The van der Waals surface area contributed by atoms with E-state index in [1.54, 1.807) is 0 Å². The zero-order chi connectivity index (χ0) is 41.2. The quantitative estimate of drug-likeness (QED) is 0.110. The number of imidazole rings is 1. The fourth-order valence-electron chi connectivity index (χ4n) is 11.6. The molecule has 0 amide bonds. The first-order chi connectivity index (χ1) is 30.3. The predicted octanol–water partition coefficient (Wildman–Crippen LogP) is 8.78. The predicted molar refractivity (Wildman–Crippen MR) is 260 cm³/mol. The molecule has 0 atom stereocenters. The largest absolute Gasteiger partial charge is 0.507 e. The number of pyridine rings is 2. The van der Waals surface area contributed by atoms with Crippen LogP contribution in [0.5, 0.6) is 5.75 Å². The molecule has 0 unspecified atom stereocenters. The zero-order valence-corrected chi connectivity index (χ0v) is 37.0. The monoisotopic (exact) mass is 983 g/mol. The van der Waals surface area contributed by atoms with Gasteiger partial charge in [0.15, 0.2) is 0 Å². The second kappa shape index (κ2) is 12.9. The summed E-state index contributed by atoms with van der Waals surface area (Å²) in [6.45, 7) is 6.85. The van der Waals surface area contributed by atoms with Crippen LogP contribution in [0.25, 0.3) is 93.8 Å². The molecule has 0 aliphatic carbocycles. The Hall–Kier alpha value is -6.74. The van der Waals surface area contributed by atoms with Crippen molar-refractivity contribution in [1.29, 1.82) is 0 Å². The van der Waals surface area contributed by atoms with E-state index < -0.39 is 0 Å². The number of para-hydroxylation sites is 1. The van der Waals surface area contributed by atoms with E-state index >= 15 is 0 Å². The Balaban J connectivity index is 0.00000402. The number of phenolic OH excluding ortho intramolecular Hbond substituents is 1. The van der Waals surface area contributed by atoms with Crippen molar-refractivity contribution in [3.05, 3.63) is 169 Å². The van der Waals surface area contributed by atoms with Gasteiger partial charge in [0.05, 0.1) is 21.9 Å². The van der Waals surface area contributed by atoms with Gasteiger partial charge in [0, 0.05) is 43.9 Å². The van der Waals surface area contributed by atoms with Gasteiger partial charge >= 0.3 is 0 Å². The number of rotatable bonds is 3. The van der Waals surface area contributed by atoms with Crippen LogP contribution in [0, 0.1) is 6.07 Å². The normalized spacial score (nSPS) is 13.2. The Bertz CT molecular complexity index is 3830. The molecule has 0 spiro atoms. The number of phenols is 1. The molecular formula is C56H36B2N3OPt-. The molecule has 3 aliphatic heterocycles. The van der Waals surface area contributed by atoms with Crippen molar-refractivity contribution >= 4 is 95.3 Å². The first kappa shape index (κ1) is 36.9. The molecule has 298 valence electrons. The Labute approximate surface area is 379 Å². The summed E-state index contributed by atoms with van der Waals surface area (Å²) < 4.78 is 2.32. The van der Waals surface area contributed by atoms with Crippen LogP contribution in [0.15, 0.2) is 158 Å². The number of aromatic nitrogens is 3. The van der Waals surface area contributed by atoms with Gasteiger partial charge in [0.2, 0.25) is 13.4 Å².